The van der Waals surface area contributed by atoms with Crippen molar-refractivity contribution in [3.05, 3.63) is 57.8 Å². The Bertz CT molecular complexity index is 702. The Morgan fingerprint density at radius 1 is 1.38 bits per heavy atom. The fourth-order valence-electron chi connectivity index (χ4n) is 1.74. The molecule has 0 saturated heterocycles. The molecule has 2 rings (SSSR count). The predicted octanol–water partition coefficient (Wildman–Crippen LogP) is 1.84. The summed E-state index contributed by atoms with van der Waals surface area (Å²) in [6.45, 7) is 1.80. The van der Waals surface area contributed by atoms with E-state index in [0.717, 1.165) is 11.6 Å². The number of hydrazine groups is 1. The fourth-order valence-corrected chi connectivity index (χ4v) is 1.74. The van der Waals surface area contributed by atoms with Crippen molar-refractivity contribution in [2.75, 3.05) is 10.7 Å². The van der Waals surface area contributed by atoms with Crippen LogP contribution in [0.5, 0.6) is 0 Å². The number of amides is 1. The van der Waals surface area contributed by atoms with Gasteiger partial charge in [-0.3, -0.25) is 20.8 Å². The van der Waals surface area contributed by atoms with Crippen LogP contribution in [0, 0.1) is 17.0 Å². The Kier molecular flexibility index (Phi) is 4.10. The SMILES string of the molecule is Cc1cccnc1NC(=O)c1ccc(NN)c([N+](=O)[O-])c1. The van der Waals surface area contributed by atoms with Gasteiger partial charge in [-0.25, -0.2) is 4.98 Å². The molecule has 0 spiro atoms. The molecule has 8 nitrogen and oxygen atoms in total. The van der Waals surface area contributed by atoms with Gasteiger partial charge < -0.3 is 10.7 Å². The highest BCUT2D eigenvalue weighted by molar-refractivity contribution is 6.04. The van der Waals surface area contributed by atoms with Gasteiger partial charge in [-0.2, -0.15) is 0 Å². The van der Waals surface area contributed by atoms with Crippen molar-refractivity contribution in [1.29, 1.82) is 0 Å². The summed E-state index contributed by atoms with van der Waals surface area (Å²) in [5.74, 6) is 5.12. The van der Waals surface area contributed by atoms with Gasteiger partial charge >= 0.3 is 0 Å². The summed E-state index contributed by atoms with van der Waals surface area (Å²) in [7, 11) is 0. The number of nitrogen functional groups attached to an aromatic ring is 1. The minimum absolute atomic E-state index is 0.130. The van der Waals surface area contributed by atoms with Crippen LogP contribution < -0.4 is 16.6 Å². The number of pyridine rings is 1. The molecule has 21 heavy (non-hydrogen) atoms. The van der Waals surface area contributed by atoms with E-state index in [1.54, 1.807) is 25.3 Å². The Labute approximate surface area is 120 Å². The maximum atomic E-state index is 12.1. The number of hydrogen-bond donors (Lipinski definition) is 3. The van der Waals surface area contributed by atoms with E-state index >= 15 is 0 Å². The van der Waals surface area contributed by atoms with E-state index < -0.39 is 10.8 Å². The summed E-state index contributed by atoms with van der Waals surface area (Å²) in [5.41, 5.74) is 3.01. The van der Waals surface area contributed by atoms with Crippen molar-refractivity contribution in [3.63, 3.8) is 0 Å². The van der Waals surface area contributed by atoms with E-state index in [0.29, 0.717) is 5.82 Å². The Hall–Kier alpha value is -3.00. The van der Waals surface area contributed by atoms with Crippen molar-refractivity contribution < 1.29 is 9.72 Å². The molecule has 0 unspecified atom stereocenters. The number of anilines is 2. The van der Waals surface area contributed by atoms with E-state index in [-0.39, 0.29) is 16.9 Å². The Balaban J connectivity index is 2.30. The molecule has 2 aromatic rings. The second-order valence-corrected chi connectivity index (χ2v) is 4.26. The summed E-state index contributed by atoms with van der Waals surface area (Å²) < 4.78 is 0. The molecule has 1 amide bonds. The zero-order valence-corrected chi connectivity index (χ0v) is 11.2. The molecule has 4 N–H and O–H groups in total. The van der Waals surface area contributed by atoms with Crippen molar-refractivity contribution >= 4 is 23.1 Å². The maximum Gasteiger partial charge on any atom is 0.294 e. The molecule has 0 aliphatic carbocycles. The number of carbonyl (C=O) groups excluding carboxylic acids is 1. The van der Waals surface area contributed by atoms with Gasteiger partial charge in [0, 0.05) is 17.8 Å². The van der Waals surface area contributed by atoms with Crippen molar-refractivity contribution in [2.45, 2.75) is 6.92 Å². The van der Waals surface area contributed by atoms with Gasteiger partial charge in [-0.05, 0) is 30.7 Å². The molecular formula is C13H13N5O3. The zero-order chi connectivity index (χ0) is 15.4. The number of nitrogens with one attached hydrogen (secondary N) is 2. The first kappa shape index (κ1) is 14.4. The number of nitro benzene ring substituents is 1. The number of nitro groups is 1. The van der Waals surface area contributed by atoms with Gasteiger partial charge in [-0.15, -0.1) is 0 Å². The van der Waals surface area contributed by atoms with Crippen LogP contribution in [0.15, 0.2) is 36.5 Å². The molecule has 0 fully saturated rings. The molecule has 1 aromatic carbocycles. The molecule has 0 atom stereocenters. The third-order valence-electron chi connectivity index (χ3n) is 2.85. The minimum atomic E-state index is -0.613. The van der Waals surface area contributed by atoms with Crippen LogP contribution in [-0.4, -0.2) is 15.8 Å². The van der Waals surface area contributed by atoms with Crippen LogP contribution in [0.25, 0.3) is 0 Å². The normalized spacial score (nSPS) is 10.0. The monoisotopic (exact) mass is 287 g/mol. The lowest BCUT2D eigenvalue weighted by molar-refractivity contribution is -0.384. The fraction of sp³-hybridized carbons (Fsp3) is 0.0769. The lowest BCUT2D eigenvalue weighted by atomic mass is 10.1. The average Bonchev–Trinajstić information content (AvgIpc) is 2.48. The Morgan fingerprint density at radius 2 is 2.14 bits per heavy atom. The van der Waals surface area contributed by atoms with Crippen LogP contribution >= 0.6 is 0 Å². The molecule has 1 heterocycles. The average molecular weight is 287 g/mol. The van der Waals surface area contributed by atoms with Crippen LogP contribution in [0.1, 0.15) is 15.9 Å². The highest BCUT2D eigenvalue weighted by Crippen LogP contribution is 2.25. The number of benzene rings is 1. The summed E-state index contributed by atoms with van der Waals surface area (Å²) in [6.07, 6.45) is 1.55. The molecule has 0 aliphatic rings. The standard InChI is InChI=1S/C13H13N5O3/c1-8-3-2-6-15-12(8)16-13(19)9-4-5-10(17-14)11(7-9)18(20)21/h2-7,17H,14H2,1H3,(H,15,16,19). The van der Waals surface area contributed by atoms with Crippen LogP contribution in [0.2, 0.25) is 0 Å². The van der Waals surface area contributed by atoms with Crippen molar-refractivity contribution in [1.82, 2.24) is 4.98 Å². The zero-order valence-electron chi connectivity index (χ0n) is 11.2. The van der Waals surface area contributed by atoms with Gasteiger partial charge in [0.25, 0.3) is 11.6 Å². The molecule has 8 heteroatoms. The van der Waals surface area contributed by atoms with E-state index in [4.69, 9.17) is 5.84 Å². The lowest BCUT2D eigenvalue weighted by Gasteiger charge is -2.08. The number of aryl methyl sites for hydroxylation is 1. The van der Waals surface area contributed by atoms with Gasteiger partial charge in [0.1, 0.15) is 11.5 Å². The van der Waals surface area contributed by atoms with Gasteiger partial charge in [-0.1, -0.05) is 6.07 Å². The topological polar surface area (TPSA) is 123 Å². The number of carbonyl (C=O) groups is 1. The lowest BCUT2D eigenvalue weighted by Crippen LogP contribution is -2.15. The van der Waals surface area contributed by atoms with Gasteiger partial charge in [0.05, 0.1) is 4.92 Å². The number of aromatic nitrogens is 1. The third-order valence-corrected chi connectivity index (χ3v) is 2.85. The molecule has 0 bridgehead atoms. The van der Waals surface area contributed by atoms with E-state index in [9.17, 15) is 14.9 Å². The van der Waals surface area contributed by atoms with E-state index in [2.05, 4.69) is 15.7 Å². The van der Waals surface area contributed by atoms with Crippen molar-refractivity contribution in [2.24, 2.45) is 5.84 Å². The summed E-state index contributed by atoms with van der Waals surface area (Å²) in [4.78, 5) is 26.5. The molecule has 0 saturated carbocycles. The molecule has 108 valence electrons. The molecular weight excluding hydrogens is 274 g/mol. The first-order chi connectivity index (χ1) is 10.0. The molecule has 1 aromatic heterocycles. The second-order valence-electron chi connectivity index (χ2n) is 4.26. The molecule has 0 radical (unpaired) electrons. The number of nitrogens with two attached hydrogens (primary N) is 1. The number of hydrogen-bond acceptors (Lipinski definition) is 6. The van der Waals surface area contributed by atoms with Crippen LogP contribution in [0.4, 0.5) is 17.2 Å². The highest BCUT2D eigenvalue weighted by atomic mass is 16.6. The maximum absolute atomic E-state index is 12.1. The van der Waals surface area contributed by atoms with E-state index in [1.165, 1.54) is 12.1 Å². The molecule has 0 aliphatic heterocycles. The summed E-state index contributed by atoms with van der Waals surface area (Å²) in [6, 6.07) is 7.51. The third kappa shape index (κ3) is 3.12. The first-order valence-corrected chi connectivity index (χ1v) is 6.01. The number of nitrogens with zero attached hydrogens (tertiary/aromatic N) is 2. The van der Waals surface area contributed by atoms with E-state index in [1.807, 2.05) is 0 Å². The quantitative estimate of drug-likeness (QED) is 0.448. The summed E-state index contributed by atoms with van der Waals surface area (Å²) in [5, 5.41) is 13.5. The number of rotatable bonds is 4. The second kappa shape index (κ2) is 5.97. The van der Waals surface area contributed by atoms with Crippen molar-refractivity contribution in [3.8, 4) is 0 Å². The minimum Gasteiger partial charge on any atom is -0.318 e. The van der Waals surface area contributed by atoms with Gasteiger partial charge in [0.2, 0.25) is 0 Å². The van der Waals surface area contributed by atoms with Crippen LogP contribution in [0.3, 0.4) is 0 Å². The predicted molar refractivity (Wildman–Crippen MR) is 77.8 cm³/mol. The highest BCUT2D eigenvalue weighted by Gasteiger charge is 2.17. The summed E-state index contributed by atoms with van der Waals surface area (Å²) >= 11 is 0. The first-order valence-electron chi connectivity index (χ1n) is 6.01. The smallest absolute Gasteiger partial charge is 0.294 e. The largest absolute Gasteiger partial charge is 0.318 e. The Morgan fingerprint density at radius 3 is 2.76 bits per heavy atom. The van der Waals surface area contributed by atoms with Gasteiger partial charge in [0.15, 0.2) is 0 Å². The van der Waals surface area contributed by atoms with Crippen LogP contribution in [-0.2, 0) is 0 Å².